The molecule has 0 saturated heterocycles. The lowest BCUT2D eigenvalue weighted by Crippen LogP contribution is -2.27. The van der Waals surface area contributed by atoms with E-state index in [2.05, 4.69) is 23.3 Å². The normalized spacial score (nSPS) is 18.0. The topological polar surface area (TPSA) is 75.5 Å². The van der Waals surface area contributed by atoms with Crippen LogP contribution in [0.5, 0.6) is 17.2 Å². The van der Waals surface area contributed by atoms with E-state index in [4.69, 9.17) is 14.2 Å². The Balaban J connectivity index is 1.30. The minimum Gasteiger partial charge on any atom is -0.487 e. The summed E-state index contributed by atoms with van der Waals surface area (Å²) in [4.78, 5) is 12.8. The number of rotatable bonds is 7. The zero-order valence-corrected chi connectivity index (χ0v) is 19.8. The van der Waals surface area contributed by atoms with Crippen molar-refractivity contribution in [2.24, 2.45) is 0 Å². The number of carbonyl (C=O) groups excluding carboxylic acids is 1. The molecule has 0 spiro atoms. The molecule has 2 aliphatic rings. The number of ether oxygens (including phenoxy) is 3. The number of benzene rings is 2. The quantitative estimate of drug-likeness (QED) is 0.461. The lowest BCUT2D eigenvalue weighted by atomic mass is 9.94. The number of hydrogen-bond donors (Lipinski definition) is 0. The SMILES string of the molecule is CCCCn1cc(COc2ccc3c(c2)OC(c2ccc4c(c2)C=CC(C)(C)O4)CC3=O)nn1. The number of unbranched alkanes of at least 4 members (excludes halogenated alkanes) is 1. The van der Waals surface area contributed by atoms with Crippen LogP contribution in [0.4, 0.5) is 0 Å². The van der Waals surface area contributed by atoms with E-state index in [1.165, 1.54) is 0 Å². The summed E-state index contributed by atoms with van der Waals surface area (Å²) in [7, 11) is 0. The molecular weight excluding hydrogens is 430 g/mol. The molecule has 0 saturated carbocycles. The van der Waals surface area contributed by atoms with Crippen LogP contribution in [-0.4, -0.2) is 26.4 Å². The predicted molar refractivity (Wildman–Crippen MR) is 128 cm³/mol. The van der Waals surface area contributed by atoms with Gasteiger partial charge in [-0.05, 0) is 56.2 Å². The largest absolute Gasteiger partial charge is 0.487 e. The molecule has 2 aromatic carbocycles. The third kappa shape index (κ3) is 4.69. The predicted octanol–water partition coefficient (Wildman–Crippen LogP) is 5.55. The Morgan fingerprint density at radius 1 is 1.18 bits per heavy atom. The Hall–Kier alpha value is -3.61. The second kappa shape index (κ2) is 8.97. The van der Waals surface area contributed by atoms with Gasteiger partial charge in [0, 0.05) is 18.2 Å². The molecule has 7 nitrogen and oxygen atoms in total. The van der Waals surface area contributed by atoms with Crippen LogP contribution in [0, 0.1) is 0 Å². The lowest BCUT2D eigenvalue weighted by Gasteiger charge is -2.30. The molecule has 5 rings (SSSR count). The van der Waals surface area contributed by atoms with Crippen LogP contribution in [0.3, 0.4) is 0 Å². The molecule has 3 heterocycles. The fraction of sp³-hybridized carbons (Fsp3) is 0.370. The van der Waals surface area contributed by atoms with Crippen LogP contribution < -0.4 is 14.2 Å². The number of carbonyl (C=O) groups is 1. The summed E-state index contributed by atoms with van der Waals surface area (Å²) in [5, 5.41) is 8.30. The fourth-order valence-electron chi connectivity index (χ4n) is 4.17. The van der Waals surface area contributed by atoms with Crippen molar-refractivity contribution < 1.29 is 19.0 Å². The molecule has 0 amide bonds. The van der Waals surface area contributed by atoms with Crippen molar-refractivity contribution in [3.05, 3.63) is 71.1 Å². The Bertz CT molecular complexity index is 1240. The first-order valence-corrected chi connectivity index (χ1v) is 11.8. The van der Waals surface area contributed by atoms with E-state index in [0.29, 0.717) is 30.1 Å². The van der Waals surface area contributed by atoms with E-state index >= 15 is 0 Å². The van der Waals surface area contributed by atoms with Gasteiger partial charge in [0.1, 0.15) is 41.3 Å². The highest BCUT2D eigenvalue weighted by Gasteiger charge is 2.29. The van der Waals surface area contributed by atoms with Gasteiger partial charge < -0.3 is 14.2 Å². The van der Waals surface area contributed by atoms with Gasteiger partial charge >= 0.3 is 0 Å². The van der Waals surface area contributed by atoms with Gasteiger partial charge in [-0.3, -0.25) is 9.48 Å². The number of Topliss-reactive ketones (excluding diaryl/α,β-unsaturated/α-hetero) is 1. The molecule has 0 radical (unpaired) electrons. The number of nitrogens with zero attached hydrogens (tertiary/aromatic N) is 3. The Kier molecular flexibility index (Phi) is 5.86. The van der Waals surface area contributed by atoms with Crippen LogP contribution >= 0.6 is 0 Å². The average Bonchev–Trinajstić information content (AvgIpc) is 3.28. The summed E-state index contributed by atoms with van der Waals surface area (Å²) in [6.45, 7) is 7.34. The Morgan fingerprint density at radius 2 is 2.06 bits per heavy atom. The smallest absolute Gasteiger partial charge is 0.170 e. The zero-order chi connectivity index (χ0) is 23.7. The maximum atomic E-state index is 12.8. The van der Waals surface area contributed by atoms with Gasteiger partial charge in [0.15, 0.2) is 5.78 Å². The van der Waals surface area contributed by atoms with Crippen LogP contribution in [0.2, 0.25) is 0 Å². The summed E-state index contributed by atoms with van der Waals surface area (Å²) in [6, 6.07) is 11.3. The first-order valence-electron chi connectivity index (χ1n) is 11.8. The summed E-state index contributed by atoms with van der Waals surface area (Å²) >= 11 is 0. The highest BCUT2D eigenvalue weighted by Crippen LogP contribution is 2.39. The van der Waals surface area contributed by atoms with E-state index in [9.17, 15) is 4.79 Å². The van der Waals surface area contributed by atoms with Crippen molar-refractivity contribution >= 4 is 11.9 Å². The van der Waals surface area contributed by atoms with Crippen molar-refractivity contribution in [2.45, 2.75) is 64.9 Å². The minimum absolute atomic E-state index is 0.0577. The standard InChI is InChI=1S/C27H29N3O4/c1-4-5-12-30-16-20(28-29-30)17-32-21-7-8-22-23(31)15-25(33-26(22)14-21)18-6-9-24-19(13-18)10-11-27(2,3)34-24/h6-11,13-14,16,25H,4-5,12,15,17H2,1-3H3. The van der Waals surface area contributed by atoms with Gasteiger partial charge in [-0.2, -0.15) is 0 Å². The van der Waals surface area contributed by atoms with Gasteiger partial charge in [0.25, 0.3) is 0 Å². The van der Waals surface area contributed by atoms with Crippen LogP contribution in [0.25, 0.3) is 6.08 Å². The molecule has 0 N–H and O–H groups in total. The fourth-order valence-corrected chi connectivity index (χ4v) is 4.17. The number of fused-ring (bicyclic) bond motifs is 2. The molecule has 3 aromatic rings. The number of ketones is 1. The number of aryl methyl sites for hydroxylation is 1. The van der Waals surface area contributed by atoms with E-state index in [0.717, 1.165) is 42.0 Å². The van der Waals surface area contributed by atoms with Gasteiger partial charge in [-0.15, -0.1) is 5.10 Å². The third-order valence-corrected chi connectivity index (χ3v) is 6.05. The zero-order valence-electron chi connectivity index (χ0n) is 19.8. The molecular formula is C27H29N3O4. The summed E-state index contributed by atoms with van der Waals surface area (Å²) < 4.78 is 20.0. The molecule has 2 aliphatic heterocycles. The monoisotopic (exact) mass is 459 g/mol. The first kappa shape index (κ1) is 22.2. The molecule has 1 unspecified atom stereocenters. The summed E-state index contributed by atoms with van der Waals surface area (Å²) in [6.07, 6.45) is 8.10. The second-order valence-electron chi connectivity index (χ2n) is 9.34. The van der Waals surface area contributed by atoms with Gasteiger partial charge in [0.2, 0.25) is 0 Å². The average molecular weight is 460 g/mol. The second-order valence-corrected chi connectivity index (χ2v) is 9.34. The molecule has 34 heavy (non-hydrogen) atoms. The highest BCUT2D eigenvalue weighted by atomic mass is 16.5. The molecule has 0 bridgehead atoms. The van der Waals surface area contributed by atoms with E-state index in [1.807, 2.05) is 49.0 Å². The van der Waals surface area contributed by atoms with Crippen LogP contribution in [0.1, 0.15) is 73.3 Å². The van der Waals surface area contributed by atoms with Crippen molar-refractivity contribution in [1.29, 1.82) is 0 Å². The van der Waals surface area contributed by atoms with Crippen molar-refractivity contribution in [3.63, 3.8) is 0 Å². The van der Waals surface area contributed by atoms with Crippen LogP contribution in [0.15, 0.2) is 48.7 Å². The molecule has 0 fully saturated rings. The van der Waals surface area contributed by atoms with E-state index in [-0.39, 0.29) is 17.5 Å². The highest BCUT2D eigenvalue weighted by molar-refractivity contribution is 6.00. The molecule has 176 valence electrons. The summed E-state index contributed by atoms with van der Waals surface area (Å²) in [5.74, 6) is 2.05. The maximum absolute atomic E-state index is 12.8. The minimum atomic E-state index is -0.359. The molecule has 1 atom stereocenters. The van der Waals surface area contributed by atoms with E-state index < -0.39 is 0 Å². The van der Waals surface area contributed by atoms with Crippen molar-refractivity contribution in [1.82, 2.24) is 15.0 Å². The maximum Gasteiger partial charge on any atom is 0.170 e. The van der Waals surface area contributed by atoms with Gasteiger partial charge in [-0.25, -0.2) is 0 Å². The molecule has 0 aliphatic carbocycles. The molecule has 1 aromatic heterocycles. The third-order valence-electron chi connectivity index (χ3n) is 6.05. The number of aromatic nitrogens is 3. The van der Waals surface area contributed by atoms with E-state index in [1.54, 1.807) is 18.2 Å². The van der Waals surface area contributed by atoms with Crippen molar-refractivity contribution in [2.75, 3.05) is 0 Å². The first-order chi connectivity index (χ1) is 16.4. The van der Waals surface area contributed by atoms with Crippen LogP contribution in [-0.2, 0) is 13.2 Å². The summed E-state index contributed by atoms with van der Waals surface area (Å²) in [5.41, 5.74) is 2.95. The number of hydrogen-bond acceptors (Lipinski definition) is 6. The van der Waals surface area contributed by atoms with Crippen molar-refractivity contribution in [3.8, 4) is 17.2 Å². The van der Waals surface area contributed by atoms with Gasteiger partial charge in [0.05, 0.1) is 18.2 Å². The van der Waals surface area contributed by atoms with Gasteiger partial charge in [-0.1, -0.05) is 30.7 Å². The lowest BCUT2D eigenvalue weighted by molar-refractivity contribution is 0.0849. The Morgan fingerprint density at radius 3 is 2.91 bits per heavy atom. The Labute approximate surface area is 199 Å². The molecule has 7 heteroatoms.